The maximum atomic E-state index is 8.72. The largest absolute Gasteiger partial charge is 0.394 e. The summed E-state index contributed by atoms with van der Waals surface area (Å²) in [6, 6.07) is 0. The van der Waals surface area contributed by atoms with Gasteiger partial charge in [-0.15, -0.1) is 0 Å². The van der Waals surface area contributed by atoms with Crippen LogP contribution in [0.1, 0.15) is 38.5 Å². The Labute approximate surface area is 110 Å². The number of likely N-dealkylation sites (tertiary alicyclic amines) is 1. The first-order valence-electron chi connectivity index (χ1n) is 7.45. The van der Waals surface area contributed by atoms with Gasteiger partial charge in [-0.3, -0.25) is 0 Å². The molecule has 4 nitrogen and oxygen atoms in total. The predicted octanol–water partition coefficient (Wildman–Crippen LogP) is 1.42. The molecule has 0 aromatic rings. The van der Waals surface area contributed by atoms with Crippen LogP contribution < -0.4 is 0 Å². The molecule has 2 aliphatic rings. The van der Waals surface area contributed by atoms with E-state index in [-0.39, 0.29) is 6.61 Å². The molecular formula is C14H27NO3. The number of ether oxygens (including phenoxy) is 2. The first kappa shape index (κ1) is 14.3. The molecule has 0 radical (unpaired) electrons. The molecule has 0 aromatic carbocycles. The maximum Gasteiger partial charge on any atom is 0.0701 e. The first-order chi connectivity index (χ1) is 8.88. The molecule has 1 N–H and O–H groups in total. The normalized spacial score (nSPS) is 26.8. The van der Waals surface area contributed by atoms with Gasteiger partial charge in [0.05, 0.1) is 25.4 Å². The summed E-state index contributed by atoms with van der Waals surface area (Å²) in [5.41, 5.74) is 0. The molecule has 2 heterocycles. The van der Waals surface area contributed by atoms with Gasteiger partial charge < -0.3 is 19.5 Å². The van der Waals surface area contributed by atoms with Crippen LogP contribution in [0.5, 0.6) is 0 Å². The summed E-state index contributed by atoms with van der Waals surface area (Å²) in [4.78, 5) is 2.54. The molecule has 2 rings (SSSR count). The smallest absolute Gasteiger partial charge is 0.0701 e. The molecule has 106 valence electrons. The predicted molar refractivity (Wildman–Crippen MR) is 70.7 cm³/mol. The molecule has 0 aliphatic carbocycles. The second-order valence-corrected chi connectivity index (χ2v) is 5.41. The van der Waals surface area contributed by atoms with Gasteiger partial charge in [-0.05, 0) is 45.1 Å². The number of aliphatic hydroxyl groups excluding tert-OH is 1. The highest BCUT2D eigenvalue weighted by Gasteiger charge is 2.20. The fourth-order valence-corrected chi connectivity index (χ4v) is 2.93. The lowest BCUT2D eigenvalue weighted by molar-refractivity contribution is -0.00845. The minimum atomic E-state index is 0.140. The number of rotatable bonds is 7. The fourth-order valence-electron chi connectivity index (χ4n) is 2.93. The quantitative estimate of drug-likeness (QED) is 0.749. The third-order valence-corrected chi connectivity index (χ3v) is 4.00. The van der Waals surface area contributed by atoms with Crippen LogP contribution in [0.15, 0.2) is 0 Å². The van der Waals surface area contributed by atoms with Crippen molar-refractivity contribution in [3.8, 4) is 0 Å². The Kier molecular flexibility index (Phi) is 6.41. The van der Waals surface area contributed by atoms with Crippen molar-refractivity contribution in [2.24, 2.45) is 0 Å². The number of hydrogen-bond acceptors (Lipinski definition) is 4. The molecule has 0 amide bonds. The lowest BCUT2D eigenvalue weighted by Crippen LogP contribution is -2.38. The number of hydrogen-bond donors (Lipinski definition) is 1. The van der Waals surface area contributed by atoms with E-state index in [0.29, 0.717) is 18.8 Å². The standard InChI is InChI=1S/C14H27NO3/c16-10-12-18-14-5-8-15(9-6-14)7-1-3-13-4-2-11-17-13/h13-14,16H,1-12H2. The molecule has 2 fully saturated rings. The topological polar surface area (TPSA) is 41.9 Å². The van der Waals surface area contributed by atoms with E-state index in [9.17, 15) is 0 Å². The van der Waals surface area contributed by atoms with E-state index < -0.39 is 0 Å². The Morgan fingerprint density at radius 1 is 1.22 bits per heavy atom. The highest BCUT2D eigenvalue weighted by atomic mass is 16.5. The summed E-state index contributed by atoms with van der Waals surface area (Å²) in [6.45, 7) is 5.08. The van der Waals surface area contributed by atoms with Gasteiger partial charge in [0.1, 0.15) is 0 Å². The molecule has 2 saturated heterocycles. The lowest BCUT2D eigenvalue weighted by Gasteiger charge is -2.31. The van der Waals surface area contributed by atoms with Crippen LogP contribution in [-0.4, -0.2) is 61.7 Å². The summed E-state index contributed by atoms with van der Waals surface area (Å²) in [5.74, 6) is 0. The van der Waals surface area contributed by atoms with Crippen LogP contribution >= 0.6 is 0 Å². The van der Waals surface area contributed by atoms with Crippen molar-refractivity contribution >= 4 is 0 Å². The van der Waals surface area contributed by atoms with E-state index in [0.717, 1.165) is 32.5 Å². The molecule has 0 saturated carbocycles. The fraction of sp³-hybridized carbons (Fsp3) is 1.00. The second kappa shape index (κ2) is 8.10. The average Bonchev–Trinajstić information content (AvgIpc) is 2.91. The van der Waals surface area contributed by atoms with E-state index >= 15 is 0 Å². The monoisotopic (exact) mass is 257 g/mol. The zero-order valence-electron chi connectivity index (χ0n) is 11.4. The Balaban J connectivity index is 1.50. The van der Waals surface area contributed by atoms with Gasteiger partial charge >= 0.3 is 0 Å². The molecule has 0 aromatic heterocycles. The Hall–Kier alpha value is -0.160. The van der Waals surface area contributed by atoms with E-state index in [1.54, 1.807) is 0 Å². The van der Waals surface area contributed by atoms with E-state index in [2.05, 4.69) is 4.90 Å². The number of nitrogens with zero attached hydrogens (tertiary/aromatic N) is 1. The van der Waals surface area contributed by atoms with Crippen LogP contribution in [0.25, 0.3) is 0 Å². The Morgan fingerprint density at radius 3 is 2.72 bits per heavy atom. The zero-order chi connectivity index (χ0) is 12.6. The van der Waals surface area contributed by atoms with Crippen LogP contribution in [0.2, 0.25) is 0 Å². The highest BCUT2D eigenvalue weighted by molar-refractivity contribution is 4.73. The SMILES string of the molecule is OCCOC1CCN(CCCC2CCCO2)CC1. The molecule has 4 heteroatoms. The Morgan fingerprint density at radius 2 is 2.06 bits per heavy atom. The van der Waals surface area contributed by atoms with Crippen LogP contribution in [0, 0.1) is 0 Å². The minimum Gasteiger partial charge on any atom is -0.394 e. The van der Waals surface area contributed by atoms with Gasteiger partial charge in [0.25, 0.3) is 0 Å². The van der Waals surface area contributed by atoms with Gasteiger partial charge in [-0.1, -0.05) is 0 Å². The van der Waals surface area contributed by atoms with Crippen molar-refractivity contribution < 1.29 is 14.6 Å². The van der Waals surface area contributed by atoms with Crippen LogP contribution in [0.4, 0.5) is 0 Å². The number of aliphatic hydroxyl groups is 1. The summed E-state index contributed by atoms with van der Waals surface area (Å²) < 4.78 is 11.2. The van der Waals surface area contributed by atoms with E-state index in [1.165, 1.54) is 32.2 Å². The number of piperidine rings is 1. The van der Waals surface area contributed by atoms with Crippen molar-refractivity contribution in [3.05, 3.63) is 0 Å². The summed E-state index contributed by atoms with van der Waals surface area (Å²) in [6.07, 6.45) is 8.12. The third kappa shape index (κ3) is 4.84. The first-order valence-corrected chi connectivity index (χ1v) is 7.45. The Bertz CT molecular complexity index is 211. The van der Waals surface area contributed by atoms with Crippen LogP contribution in [0.3, 0.4) is 0 Å². The highest BCUT2D eigenvalue weighted by Crippen LogP contribution is 2.18. The van der Waals surface area contributed by atoms with Crippen molar-refractivity contribution in [1.82, 2.24) is 4.90 Å². The van der Waals surface area contributed by atoms with E-state index in [1.807, 2.05) is 0 Å². The van der Waals surface area contributed by atoms with E-state index in [4.69, 9.17) is 14.6 Å². The van der Waals surface area contributed by atoms with Gasteiger partial charge in [0, 0.05) is 19.7 Å². The van der Waals surface area contributed by atoms with Gasteiger partial charge in [-0.25, -0.2) is 0 Å². The van der Waals surface area contributed by atoms with Crippen LogP contribution in [-0.2, 0) is 9.47 Å². The van der Waals surface area contributed by atoms with Crippen molar-refractivity contribution in [1.29, 1.82) is 0 Å². The molecule has 1 atom stereocenters. The van der Waals surface area contributed by atoms with Crippen molar-refractivity contribution in [3.63, 3.8) is 0 Å². The third-order valence-electron chi connectivity index (χ3n) is 4.00. The summed E-state index contributed by atoms with van der Waals surface area (Å²) >= 11 is 0. The minimum absolute atomic E-state index is 0.140. The second-order valence-electron chi connectivity index (χ2n) is 5.41. The molecule has 18 heavy (non-hydrogen) atoms. The molecule has 2 aliphatic heterocycles. The molecule has 1 unspecified atom stereocenters. The average molecular weight is 257 g/mol. The van der Waals surface area contributed by atoms with Crippen molar-refractivity contribution in [2.75, 3.05) is 39.5 Å². The lowest BCUT2D eigenvalue weighted by atomic mass is 10.1. The van der Waals surface area contributed by atoms with Gasteiger partial charge in [-0.2, -0.15) is 0 Å². The molecule has 0 bridgehead atoms. The van der Waals surface area contributed by atoms with Gasteiger partial charge in [0.15, 0.2) is 0 Å². The van der Waals surface area contributed by atoms with Crippen molar-refractivity contribution in [2.45, 2.75) is 50.7 Å². The summed E-state index contributed by atoms with van der Waals surface area (Å²) in [7, 11) is 0. The molecule has 0 spiro atoms. The van der Waals surface area contributed by atoms with Gasteiger partial charge in [0.2, 0.25) is 0 Å². The zero-order valence-corrected chi connectivity index (χ0v) is 11.4. The maximum absolute atomic E-state index is 8.72. The summed E-state index contributed by atoms with van der Waals surface area (Å²) in [5, 5.41) is 8.72. The molecular weight excluding hydrogens is 230 g/mol.